The van der Waals surface area contributed by atoms with Crippen LogP contribution >= 0.6 is 43.5 Å². The van der Waals surface area contributed by atoms with Gasteiger partial charge in [0.15, 0.2) is 5.82 Å². The molecular formula is C14H12Br2ClFN2. The first-order valence-electron chi connectivity index (χ1n) is 6.05. The molecule has 0 amide bonds. The fraction of sp³-hybridized carbons (Fsp3) is 0.286. The quantitative estimate of drug-likeness (QED) is 0.597. The average molecular weight is 423 g/mol. The second-order valence-corrected chi connectivity index (χ2v) is 6.92. The molecule has 0 N–H and O–H groups in total. The SMILES string of the molecule is CC(C)Cc1nc(-c2cc(F)cc(Br)c2)nc(Cl)c1Br. The predicted molar refractivity (Wildman–Crippen MR) is 86.4 cm³/mol. The summed E-state index contributed by atoms with van der Waals surface area (Å²) in [5.41, 5.74) is 1.42. The van der Waals surface area contributed by atoms with Gasteiger partial charge in [0.1, 0.15) is 11.0 Å². The van der Waals surface area contributed by atoms with E-state index in [1.165, 1.54) is 12.1 Å². The fourth-order valence-electron chi connectivity index (χ4n) is 1.80. The van der Waals surface area contributed by atoms with Gasteiger partial charge in [0, 0.05) is 10.0 Å². The van der Waals surface area contributed by atoms with E-state index in [4.69, 9.17) is 11.6 Å². The van der Waals surface area contributed by atoms with Crippen molar-refractivity contribution in [2.45, 2.75) is 20.3 Å². The molecule has 0 aliphatic heterocycles. The van der Waals surface area contributed by atoms with Crippen molar-refractivity contribution in [2.24, 2.45) is 5.92 Å². The molecule has 2 nitrogen and oxygen atoms in total. The van der Waals surface area contributed by atoms with Crippen molar-refractivity contribution >= 4 is 43.5 Å². The molecule has 0 aliphatic carbocycles. The van der Waals surface area contributed by atoms with E-state index in [-0.39, 0.29) is 5.82 Å². The first-order valence-corrected chi connectivity index (χ1v) is 8.01. The highest BCUT2D eigenvalue weighted by Crippen LogP contribution is 2.29. The standard InChI is InChI=1S/C14H12Br2ClFN2/c1-7(2)3-11-12(16)13(17)20-14(19-11)8-4-9(15)6-10(18)5-8/h4-7H,3H2,1-2H3. The monoisotopic (exact) mass is 420 g/mol. The van der Waals surface area contributed by atoms with Crippen LogP contribution in [0.15, 0.2) is 27.1 Å². The molecule has 0 atom stereocenters. The maximum absolute atomic E-state index is 13.5. The molecule has 0 fully saturated rings. The normalized spacial score (nSPS) is 11.2. The lowest BCUT2D eigenvalue weighted by Crippen LogP contribution is -2.03. The highest BCUT2D eigenvalue weighted by atomic mass is 79.9. The Morgan fingerprint density at radius 1 is 1.20 bits per heavy atom. The lowest BCUT2D eigenvalue weighted by molar-refractivity contribution is 0.626. The van der Waals surface area contributed by atoms with E-state index >= 15 is 0 Å². The Balaban J connectivity index is 2.54. The minimum Gasteiger partial charge on any atom is -0.232 e. The van der Waals surface area contributed by atoms with Crippen LogP contribution in [0.1, 0.15) is 19.5 Å². The summed E-state index contributed by atoms with van der Waals surface area (Å²) >= 11 is 12.8. The molecule has 1 aromatic carbocycles. The number of rotatable bonds is 3. The minimum atomic E-state index is -0.345. The second kappa shape index (κ2) is 6.50. The van der Waals surface area contributed by atoms with E-state index in [1.54, 1.807) is 6.07 Å². The first-order chi connectivity index (χ1) is 9.36. The van der Waals surface area contributed by atoms with Crippen molar-refractivity contribution in [3.63, 3.8) is 0 Å². The molecule has 1 aromatic heterocycles. The zero-order valence-corrected chi connectivity index (χ0v) is 14.9. The van der Waals surface area contributed by atoms with Crippen LogP contribution in [0.3, 0.4) is 0 Å². The second-order valence-electron chi connectivity index (χ2n) is 4.85. The Bertz CT molecular complexity index is 627. The van der Waals surface area contributed by atoms with Crippen LogP contribution in [0.5, 0.6) is 0 Å². The molecule has 20 heavy (non-hydrogen) atoms. The zero-order valence-electron chi connectivity index (χ0n) is 10.9. The third-order valence-corrected chi connectivity index (χ3v) is 4.39. The van der Waals surface area contributed by atoms with Crippen LogP contribution < -0.4 is 0 Å². The van der Waals surface area contributed by atoms with Crippen molar-refractivity contribution in [1.29, 1.82) is 0 Å². The Kier molecular flexibility index (Phi) is 5.15. The minimum absolute atomic E-state index is 0.339. The van der Waals surface area contributed by atoms with Gasteiger partial charge < -0.3 is 0 Å². The highest BCUT2D eigenvalue weighted by Gasteiger charge is 2.14. The first kappa shape index (κ1) is 15.9. The fourth-order valence-corrected chi connectivity index (χ4v) is 2.79. The summed E-state index contributed by atoms with van der Waals surface area (Å²) in [5, 5.41) is 0.339. The summed E-state index contributed by atoms with van der Waals surface area (Å²) in [6.07, 6.45) is 0.770. The molecule has 2 rings (SSSR count). The summed E-state index contributed by atoms with van der Waals surface area (Å²) in [6, 6.07) is 4.55. The molecule has 0 unspecified atom stereocenters. The van der Waals surface area contributed by atoms with Crippen molar-refractivity contribution in [1.82, 2.24) is 9.97 Å². The van der Waals surface area contributed by atoms with Crippen molar-refractivity contribution in [3.8, 4) is 11.4 Å². The van der Waals surface area contributed by atoms with Gasteiger partial charge in [-0.3, -0.25) is 0 Å². The molecule has 2 aromatic rings. The van der Waals surface area contributed by atoms with Gasteiger partial charge in [0.25, 0.3) is 0 Å². The van der Waals surface area contributed by atoms with Crippen LogP contribution in [0.2, 0.25) is 5.15 Å². The Morgan fingerprint density at radius 2 is 1.90 bits per heavy atom. The van der Waals surface area contributed by atoms with Gasteiger partial charge in [0.05, 0.1) is 10.2 Å². The Hall–Kier alpha value is -0.520. The third kappa shape index (κ3) is 3.77. The summed E-state index contributed by atoms with van der Waals surface area (Å²) in [4.78, 5) is 8.71. The summed E-state index contributed by atoms with van der Waals surface area (Å²) < 4.78 is 14.8. The van der Waals surface area contributed by atoms with Gasteiger partial charge >= 0.3 is 0 Å². The highest BCUT2D eigenvalue weighted by molar-refractivity contribution is 9.10. The lowest BCUT2D eigenvalue weighted by atomic mass is 10.1. The number of hydrogen-bond donors (Lipinski definition) is 0. The van der Waals surface area contributed by atoms with Crippen molar-refractivity contribution < 1.29 is 4.39 Å². The number of nitrogens with zero attached hydrogens (tertiary/aromatic N) is 2. The Labute approximate surface area is 139 Å². The molecule has 0 spiro atoms. The molecule has 0 bridgehead atoms. The number of benzene rings is 1. The van der Waals surface area contributed by atoms with Gasteiger partial charge in [-0.15, -0.1) is 0 Å². The summed E-state index contributed by atoms with van der Waals surface area (Å²) in [6.45, 7) is 4.20. The molecule has 6 heteroatoms. The van der Waals surface area contributed by atoms with E-state index in [0.717, 1.165) is 12.1 Å². The molecule has 1 heterocycles. The van der Waals surface area contributed by atoms with Gasteiger partial charge in [-0.2, -0.15) is 0 Å². The van der Waals surface area contributed by atoms with Gasteiger partial charge in [-0.1, -0.05) is 41.4 Å². The number of halogens is 4. The molecule has 0 radical (unpaired) electrons. The predicted octanol–water partition coefficient (Wildman–Crippen LogP) is 5.66. The van der Waals surface area contributed by atoms with E-state index in [0.29, 0.717) is 31.4 Å². The van der Waals surface area contributed by atoms with Crippen LogP contribution in [-0.2, 0) is 6.42 Å². The third-order valence-electron chi connectivity index (χ3n) is 2.60. The molecule has 0 aliphatic rings. The van der Waals surface area contributed by atoms with Gasteiger partial charge in [-0.05, 0) is 46.5 Å². The van der Waals surface area contributed by atoms with E-state index in [2.05, 4.69) is 55.7 Å². The van der Waals surface area contributed by atoms with E-state index < -0.39 is 0 Å². The zero-order chi connectivity index (χ0) is 14.9. The van der Waals surface area contributed by atoms with Crippen molar-refractivity contribution in [3.05, 3.63) is 43.8 Å². The van der Waals surface area contributed by atoms with E-state index in [9.17, 15) is 4.39 Å². The maximum atomic E-state index is 13.5. The van der Waals surface area contributed by atoms with Crippen LogP contribution in [0.25, 0.3) is 11.4 Å². The molecule has 0 saturated heterocycles. The lowest BCUT2D eigenvalue weighted by Gasteiger charge is -2.10. The average Bonchev–Trinajstić information content (AvgIpc) is 2.32. The summed E-state index contributed by atoms with van der Waals surface area (Å²) in [5.74, 6) is 0.515. The van der Waals surface area contributed by atoms with Crippen molar-refractivity contribution in [2.75, 3.05) is 0 Å². The maximum Gasteiger partial charge on any atom is 0.161 e. The summed E-state index contributed by atoms with van der Waals surface area (Å²) in [7, 11) is 0. The molecule has 0 saturated carbocycles. The number of hydrogen-bond acceptors (Lipinski definition) is 2. The van der Waals surface area contributed by atoms with Gasteiger partial charge in [0.2, 0.25) is 0 Å². The van der Waals surface area contributed by atoms with Crippen LogP contribution in [0.4, 0.5) is 4.39 Å². The number of aromatic nitrogens is 2. The molecule has 106 valence electrons. The topological polar surface area (TPSA) is 25.8 Å². The van der Waals surface area contributed by atoms with Gasteiger partial charge in [-0.25, -0.2) is 14.4 Å². The largest absolute Gasteiger partial charge is 0.232 e. The van der Waals surface area contributed by atoms with Crippen LogP contribution in [-0.4, -0.2) is 9.97 Å². The Morgan fingerprint density at radius 3 is 2.50 bits per heavy atom. The molecular weight excluding hydrogens is 410 g/mol. The van der Waals surface area contributed by atoms with E-state index in [1.807, 2.05) is 0 Å². The smallest absolute Gasteiger partial charge is 0.161 e. The van der Waals surface area contributed by atoms with Crippen LogP contribution in [0, 0.1) is 11.7 Å².